The highest BCUT2D eigenvalue weighted by Gasteiger charge is 2.25. The molecule has 0 N–H and O–H groups in total. The first-order chi connectivity index (χ1) is 6.74. The molecule has 1 aliphatic carbocycles. The van der Waals surface area contributed by atoms with Crippen LogP contribution in [0.1, 0.15) is 41.4 Å². The van der Waals surface area contributed by atoms with E-state index < -0.39 is 0 Å². The third-order valence-corrected chi connectivity index (χ3v) is 3.12. The second-order valence-electron chi connectivity index (χ2n) is 4.18. The van der Waals surface area contributed by atoms with Crippen LogP contribution in [0, 0.1) is 13.8 Å². The van der Waals surface area contributed by atoms with E-state index in [1.54, 1.807) is 0 Å². The first-order valence-corrected chi connectivity index (χ1v) is 5.29. The van der Waals surface area contributed by atoms with Gasteiger partial charge in [0.1, 0.15) is 0 Å². The number of hydrogen-bond acceptors (Lipinski definition) is 0. The van der Waals surface area contributed by atoms with E-state index in [2.05, 4.69) is 38.6 Å². The summed E-state index contributed by atoms with van der Waals surface area (Å²) in [7, 11) is 0. The molecule has 0 spiro atoms. The lowest BCUT2D eigenvalue weighted by Gasteiger charge is -2.13. The van der Waals surface area contributed by atoms with Crippen molar-refractivity contribution < 1.29 is 0 Å². The van der Waals surface area contributed by atoms with Crippen molar-refractivity contribution in [3.8, 4) is 0 Å². The van der Waals surface area contributed by atoms with Gasteiger partial charge in [0.15, 0.2) is 0 Å². The van der Waals surface area contributed by atoms with Crippen LogP contribution in [0.2, 0.25) is 0 Å². The SMILES string of the molecule is [CH2]C(C=C)c1cccc(C2CC2)c1C. The second-order valence-corrected chi connectivity index (χ2v) is 4.18. The first-order valence-electron chi connectivity index (χ1n) is 5.29. The third-order valence-electron chi connectivity index (χ3n) is 3.12. The van der Waals surface area contributed by atoms with E-state index in [-0.39, 0.29) is 5.92 Å². The van der Waals surface area contributed by atoms with Gasteiger partial charge in [-0.25, -0.2) is 0 Å². The van der Waals surface area contributed by atoms with Gasteiger partial charge in [0.2, 0.25) is 0 Å². The Morgan fingerprint density at radius 2 is 2.14 bits per heavy atom. The summed E-state index contributed by atoms with van der Waals surface area (Å²) in [6.07, 6.45) is 4.64. The monoisotopic (exact) mass is 185 g/mol. The molecule has 0 aromatic heterocycles. The molecular formula is C14H17. The molecule has 0 nitrogen and oxygen atoms in total. The maximum Gasteiger partial charge on any atom is 0.00183 e. The van der Waals surface area contributed by atoms with Crippen molar-refractivity contribution in [3.63, 3.8) is 0 Å². The average Bonchev–Trinajstić information content (AvgIpc) is 3.01. The van der Waals surface area contributed by atoms with E-state index in [1.165, 1.54) is 29.5 Å². The topological polar surface area (TPSA) is 0 Å². The summed E-state index contributed by atoms with van der Waals surface area (Å²) < 4.78 is 0. The zero-order valence-corrected chi connectivity index (χ0v) is 8.79. The molecule has 0 bridgehead atoms. The Kier molecular flexibility index (Phi) is 2.45. The molecule has 0 heteroatoms. The number of benzene rings is 1. The Morgan fingerprint density at radius 1 is 1.43 bits per heavy atom. The Labute approximate surface area is 86.7 Å². The quantitative estimate of drug-likeness (QED) is 0.625. The molecule has 0 heterocycles. The van der Waals surface area contributed by atoms with Crippen molar-refractivity contribution >= 4 is 0 Å². The van der Waals surface area contributed by atoms with E-state index in [1.807, 2.05) is 6.08 Å². The summed E-state index contributed by atoms with van der Waals surface area (Å²) in [4.78, 5) is 0. The molecule has 1 aromatic rings. The van der Waals surface area contributed by atoms with Crippen LogP contribution < -0.4 is 0 Å². The molecule has 0 saturated heterocycles. The predicted octanol–water partition coefficient (Wildman–Crippen LogP) is 3.98. The van der Waals surface area contributed by atoms with E-state index in [0.29, 0.717) is 0 Å². The highest BCUT2D eigenvalue weighted by Crippen LogP contribution is 2.42. The van der Waals surface area contributed by atoms with Gasteiger partial charge in [-0.3, -0.25) is 0 Å². The van der Waals surface area contributed by atoms with Crippen molar-refractivity contribution in [2.24, 2.45) is 0 Å². The third kappa shape index (κ3) is 1.61. The Balaban J connectivity index is 2.40. The molecule has 73 valence electrons. The van der Waals surface area contributed by atoms with Gasteiger partial charge >= 0.3 is 0 Å². The van der Waals surface area contributed by atoms with Crippen molar-refractivity contribution in [3.05, 3.63) is 54.5 Å². The highest BCUT2D eigenvalue weighted by molar-refractivity contribution is 5.41. The lowest BCUT2D eigenvalue weighted by molar-refractivity contribution is 1.01. The molecule has 1 atom stereocenters. The van der Waals surface area contributed by atoms with Crippen LogP contribution in [0.15, 0.2) is 30.9 Å². The molecule has 1 aliphatic rings. The van der Waals surface area contributed by atoms with Crippen molar-refractivity contribution in [2.45, 2.75) is 31.6 Å². The van der Waals surface area contributed by atoms with Crippen LogP contribution in [-0.2, 0) is 0 Å². The molecule has 1 saturated carbocycles. The van der Waals surface area contributed by atoms with Crippen LogP contribution >= 0.6 is 0 Å². The van der Waals surface area contributed by atoms with Crippen LogP contribution in [0.4, 0.5) is 0 Å². The summed E-state index contributed by atoms with van der Waals surface area (Å²) >= 11 is 0. The molecule has 1 fully saturated rings. The van der Waals surface area contributed by atoms with Crippen LogP contribution in [0.3, 0.4) is 0 Å². The van der Waals surface area contributed by atoms with E-state index in [0.717, 1.165) is 5.92 Å². The fourth-order valence-corrected chi connectivity index (χ4v) is 2.04. The summed E-state index contributed by atoms with van der Waals surface area (Å²) in [6.45, 7) is 10.1. The molecule has 1 aromatic carbocycles. The minimum absolute atomic E-state index is 0.230. The van der Waals surface area contributed by atoms with Crippen LogP contribution in [0.5, 0.6) is 0 Å². The average molecular weight is 185 g/mol. The lowest BCUT2D eigenvalue weighted by Crippen LogP contribution is -1.96. The maximum atomic E-state index is 4.09. The summed E-state index contributed by atoms with van der Waals surface area (Å²) in [5.74, 6) is 1.06. The van der Waals surface area contributed by atoms with E-state index >= 15 is 0 Å². The number of allylic oxidation sites excluding steroid dienone is 1. The summed E-state index contributed by atoms with van der Waals surface area (Å²) in [6, 6.07) is 6.57. The first kappa shape index (κ1) is 9.51. The van der Waals surface area contributed by atoms with Crippen molar-refractivity contribution in [1.82, 2.24) is 0 Å². The van der Waals surface area contributed by atoms with Gasteiger partial charge in [-0.15, -0.1) is 6.58 Å². The van der Waals surface area contributed by atoms with Crippen molar-refractivity contribution in [1.29, 1.82) is 0 Å². The number of hydrogen-bond donors (Lipinski definition) is 0. The second kappa shape index (κ2) is 3.61. The molecule has 14 heavy (non-hydrogen) atoms. The minimum Gasteiger partial charge on any atom is -0.102 e. The molecular weight excluding hydrogens is 168 g/mol. The zero-order valence-electron chi connectivity index (χ0n) is 8.79. The largest absolute Gasteiger partial charge is 0.102 e. The molecule has 2 rings (SSSR count). The van der Waals surface area contributed by atoms with Crippen LogP contribution in [-0.4, -0.2) is 0 Å². The van der Waals surface area contributed by atoms with Gasteiger partial charge in [0, 0.05) is 5.92 Å². The van der Waals surface area contributed by atoms with Crippen LogP contribution in [0.25, 0.3) is 0 Å². The molecule has 1 unspecified atom stereocenters. The molecule has 1 radical (unpaired) electrons. The maximum absolute atomic E-state index is 4.09. The van der Waals surface area contributed by atoms with Gasteiger partial charge in [0.05, 0.1) is 0 Å². The minimum atomic E-state index is 0.230. The predicted molar refractivity (Wildman–Crippen MR) is 61.4 cm³/mol. The summed E-state index contributed by atoms with van der Waals surface area (Å²) in [5.41, 5.74) is 4.29. The van der Waals surface area contributed by atoms with E-state index in [4.69, 9.17) is 0 Å². The normalized spacial score (nSPS) is 17.9. The zero-order chi connectivity index (χ0) is 10.1. The van der Waals surface area contributed by atoms with E-state index in [9.17, 15) is 0 Å². The van der Waals surface area contributed by atoms with Gasteiger partial charge in [-0.2, -0.15) is 0 Å². The summed E-state index contributed by atoms with van der Waals surface area (Å²) in [5, 5.41) is 0. The fourth-order valence-electron chi connectivity index (χ4n) is 2.04. The van der Waals surface area contributed by atoms with Gasteiger partial charge in [-0.05, 0) is 49.3 Å². The smallest absolute Gasteiger partial charge is 0.00183 e. The van der Waals surface area contributed by atoms with Gasteiger partial charge in [0.25, 0.3) is 0 Å². The van der Waals surface area contributed by atoms with Gasteiger partial charge < -0.3 is 0 Å². The highest BCUT2D eigenvalue weighted by atomic mass is 14.3. The molecule has 0 amide bonds. The van der Waals surface area contributed by atoms with Crippen molar-refractivity contribution in [2.75, 3.05) is 0 Å². The molecule has 0 aliphatic heterocycles. The Bertz CT molecular complexity index is 345. The lowest BCUT2D eigenvalue weighted by atomic mass is 9.91. The standard InChI is InChI=1S/C14H17/c1-4-10(2)13-6-5-7-14(11(13)3)12-8-9-12/h4-7,10,12H,1-2,8-9H2,3H3. The number of rotatable bonds is 3. The van der Waals surface area contributed by atoms with Gasteiger partial charge in [-0.1, -0.05) is 24.3 Å². The Hall–Kier alpha value is -1.04. The Morgan fingerprint density at radius 3 is 2.71 bits per heavy atom. The fraction of sp³-hybridized carbons (Fsp3) is 0.357.